The van der Waals surface area contributed by atoms with E-state index in [1.54, 1.807) is 0 Å². The smallest absolute Gasteiger partial charge is 0.0374 e. The van der Waals surface area contributed by atoms with Gasteiger partial charge in [-0.25, -0.2) is 0 Å². The second-order valence-electron chi connectivity index (χ2n) is 4.26. The molecule has 1 atom stereocenters. The number of hydrogen-bond donors (Lipinski definition) is 1. The molecule has 0 fully saturated rings. The minimum Gasteiger partial charge on any atom is -0.382 e. The van der Waals surface area contributed by atoms with Gasteiger partial charge in [-0.05, 0) is 43.7 Å². The van der Waals surface area contributed by atoms with Crippen LogP contribution in [0.1, 0.15) is 31.2 Å². The Labute approximate surface area is 92.2 Å². The third-order valence-electron chi connectivity index (χ3n) is 3.10. The van der Waals surface area contributed by atoms with Crippen molar-refractivity contribution in [2.75, 3.05) is 5.32 Å². The van der Waals surface area contributed by atoms with Crippen LogP contribution in [0.2, 0.25) is 0 Å². The zero-order chi connectivity index (χ0) is 10.5. The fourth-order valence-electron chi connectivity index (χ4n) is 2.23. The summed E-state index contributed by atoms with van der Waals surface area (Å²) in [7, 11) is 0. The van der Waals surface area contributed by atoms with Crippen molar-refractivity contribution in [2.24, 2.45) is 0 Å². The van der Waals surface area contributed by atoms with Crippen molar-refractivity contribution in [3.63, 3.8) is 0 Å². The number of benzene rings is 1. The predicted octanol–water partition coefficient (Wildman–Crippen LogP) is 3.77. The Morgan fingerprint density at radius 2 is 2.27 bits per heavy atom. The maximum atomic E-state index is 3.76. The van der Waals surface area contributed by atoms with Crippen LogP contribution in [-0.4, -0.2) is 6.04 Å². The Morgan fingerprint density at radius 3 is 3.13 bits per heavy atom. The normalized spacial score (nSPS) is 19.1. The Morgan fingerprint density at radius 1 is 1.40 bits per heavy atom. The average molecular weight is 201 g/mol. The Bertz CT molecular complexity index is 330. The monoisotopic (exact) mass is 201 g/mol. The van der Waals surface area contributed by atoms with Crippen LogP contribution in [0.25, 0.3) is 0 Å². The molecule has 1 aromatic rings. The van der Waals surface area contributed by atoms with Crippen LogP contribution in [0.5, 0.6) is 0 Å². The van der Waals surface area contributed by atoms with E-state index in [1.807, 2.05) is 6.08 Å². The van der Waals surface area contributed by atoms with E-state index in [4.69, 9.17) is 0 Å². The third-order valence-corrected chi connectivity index (χ3v) is 3.10. The molecule has 80 valence electrons. The molecule has 0 bridgehead atoms. The lowest BCUT2D eigenvalue weighted by Gasteiger charge is -2.26. The molecule has 0 saturated heterocycles. The lowest BCUT2D eigenvalue weighted by molar-refractivity contribution is 0.566. The maximum absolute atomic E-state index is 3.76. The van der Waals surface area contributed by atoms with E-state index in [-0.39, 0.29) is 0 Å². The van der Waals surface area contributed by atoms with E-state index >= 15 is 0 Å². The fraction of sp³-hybridized carbons (Fsp3) is 0.429. The summed E-state index contributed by atoms with van der Waals surface area (Å²) in [5.74, 6) is 0. The summed E-state index contributed by atoms with van der Waals surface area (Å²) in [5.41, 5.74) is 2.81. The minimum absolute atomic E-state index is 0.667. The summed E-state index contributed by atoms with van der Waals surface area (Å²) < 4.78 is 0. The van der Waals surface area contributed by atoms with E-state index in [0.717, 1.165) is 6.42 Å². The molecule has 2 rings (SSSR count). The topological polar surface area (TPSA) is 12.0 Å². The van der Waals surface area contributed by atoms with Gasteiger partial charge in [-0.15, -0.1) is 6.58 Å². The maximum Gasteiger partial charge on any atom is 0.0374 e. The van der Waals surface area contributed by atoms with Crippen LogP contribution in [0, 0.1) is 0 Å². The summed E-state index contributed by atoms with van der Waals surface area (Å²) >= 11 is 0. The van der Waals surface area contributed by atoms with E-state index < -0.39 is 0 Å². The SMILES string of the molecule is C=CCCCC1CCc2ccccc2N1. The van der Waals surface area contributed by atoms with Gasteiger partial charge in [0.25, 0.3) is 0 Å². The first-order valence-electron chi connectivity index (χ1n) is 5.85. The van der Waals surface area contributed by atoms with Crippen LogP contribution >= 0.6 is 0 Å². The van der Waals surface area contributed by atoms with Crippen molar-refractivity contribution in [3.8, 4) is 0 Å². The van der Waals surface area contributed by atoms with Gasteiger partial charge in [-0.1, -0.05) is 24.3 Å². The first kappa shape index (κ1) is 10.3. The van der Waals surface area contributed by atoms with Gasteiger partial charge < -0.3 is 5.32 Å². The molecule has 0 amide bonds. The summed E-state index contributed by atoms with van der Waals surface area (Å²) in [4.78, 5) is 0. The highest BCUT2D eigenvalue weighted by molar-refractivity contribution is 5.53. The van der Waals surface area contributed by atoms with Gasteiger partial charge in [0.1, 0.15) is 0 Å². The zero-order valence-electron chi connectivity index (χ0n) is 9.21. The third kappa shape index (κ3) is 2.62. The highest BCUT2D eigenvalue weighted by atomic mass is 14.9. The second-order valence-corrected chi connectivity index (χ2v) is 4.26. The van der Waals surface area contributed by atoms with Crippen LogP contribution in [0.15, 0.2) is 36.9 Å². The number of aryl methyl sites for hydroxylation is 1. The molecule has 15 heavy (non-hydrogen) atoms. The molecule has 1 aliphatic rings. The summed E-state index contributed by atoms with van der Waals surface area (Å²) in [5, 5.41) is 3.62. The highest BCUT2D eigenvalue weighted by Crippen LogP contribution is 2.26. The van der Waals surface area contributed by atoms with E-state index in [1.165, 1.54) is 36.9 Å². The van der Waals surface area contributed by atoms with Crippen molar-refractivity contribution < 1.29 is 0 Å². The standard InChI is InChI=1S/C14H19N/c1-2-3-4-8-13-11-10-12-7-5-6-9-14(12)15-13/h2,5-7,9,13,15H,1,3-4,8,10-11H2. The molecule has 1 unspecified atom stereocenters. The number of nitrogens with one attached hydrogen (secondary N) is 1. The van der Waals surface area contributed by atoms with Gasteiger partial charge in [0.15, 0.2) is 0 Å². The number of rotatable bonds is 4. The van der Waals surface area contributed by atoms with E-state index in [0.29, 0.717) is 6.04 Å². The second kappa shape index (κ2) is 5.01. The van der Waals surface area contributed by atoms with Gasteiger partial charge in [0.2, 0.25) is 0 Å². The number of allylic oxidation sites excluding steroid dienone is 1. The van der Waals surface area contributed by atoms with Crippen LogP contribution in [-0.2, 0) is 6.42 Å². The molecule has 0 saturated carbocycles. The molecule has 0 aliphatic carbocycles. The molecule has 1 aromatic carbocycles. The largest absolute Gasteiger partial charge is 0.382 e. The molecule has 0 spiro atoms. The quantitative estimate of drug-likeness (QED) is 0.577. The van der Waals surface area contributed by atoms with Gasteiger partial charge in [0.05, 0.1) is 0 Å². The van der Waals surface area contributed by atoms with Crippen molar-refractivity contribution in [1.29, 1.82) is 0 Å². The van der Waals surface area contributed by atoms with Gasteiger partial charge in [0, 0.05) is 11.7 Å². The van der Waals surface area contributed by atoms with Crippen molar-refractivity contribution in [2.45, 2.75) is 38.1 Å². The number of hydrogen-bond acceptors (Lipinski definition) is 1. The Kier molecular flexibility index (Phi) is 3.44. The summed E-state index contributed by atoms with van der Waals surface area (Å²) in [6, 6.07) is 9.31. The number of unbranched alkanes of at least 4 members (excludes halogenated alkanes) is 1. The van der Waals surface area contributed by atoms with Gasteiger partial charge in [-0.2, -0.15) is 0 Å². The Balaban J connectivity index is 1.91. The highest BCUT2D eigenvalue weighted by Gasteiger charge is 2.15. The predicted molar refractivity (Wildman–Crippen MR) is 66.2 cm³/mol. The molecular formula is C14H19N. The van der Waals surface area contributed by atoms with Crippen molar-refractivity contribution in [3.05, 3.63) is 42.5 Å². The number of para-hydroxylation sites is 1. The van der Waals surface area contributed by atoms with E-state index in [2.05, 4.69) is 36.2 Å². The zero-order valence-corrected chi connectivity index (χ0v) is 9.21. The molecule has 1 heterocycles. The summed E-state index contributed by atoms with van der Waals surface area (Å²) in [6.45, 7) is 3.76. The molecule has 1 N–H and O–H groups in total. The lowest BCUT2D eigenvalue weighted by atomic mass is 9.95. The van der Waals surface area contributed by atoms with Crippen molar-refractivity contribution >= 4 is 5.69 Å². The Hall–Kier alpha value is -1.24. The molecule has 0 radical (unpaired) electrons. The molecule has 1 nitrogen and oxygen atoms in total. The lowest BCUT2D eigenvalue weighted by Crippen LogP contribution is -2.25. The molecular weight excluding hydrogens is 182 g/mol. The molecule has 1 heteroatoms. The van der Waals surface area contributed by atoms with Crippen LogP contribution < -0.4 is 5.32 Å². The van der Waals surface area contributed by atoms with Gasteiger partial charge >= 0.3 is 0 Å². The summed E-state index contributed by atoms with van der Waals surface area (Å²) in [6.07, 6.45) is 8.16. The molecule has 0 aromatic heterocycles. The first-order chi connectivity index (χ1) is 7.40. The minimum atomic E-state index is 0.667. The fourth-order valence-corrected chi connectivity index (χ4v) is 2.23. The first-order valence-corrected chi connectivity index (χ1v) is 5.85. The van der Waals surface area contributed by atoms with Crippen LogP contribution in [0.4, 0.5) is 5.69 Å². The number of fused-ring (bicyclic) bond motifs is 1. The van der Waals surface area contributed by atoms with E-state index in [9.17, 15) is 0 Å². The van der Waals surface area contributed by atoms with Crippen molar-refractivity contribution in [1.82, 2.24) is 0 Å². The van der Waals surface area contributed by atoms with Gasteiger partial charge in [-0.3, -0.25) is 0 Å². The number of anilines is 1. The average Bonchev–Trinajstić information content (AvgIpc) is 2.29. The van der Waals surface area contributed by atoms with Crippen LogP contribution in [0.3, 0.4) is 0 Å². The molecule has 1 aliphatic heterocycles.